The standard InChI is InChI=1S/C16H23N3/c1-11-4-3-5-13(8-6-11)19-15-9-7-12(2)10-14(15)18-16(19)17/h7,9-11,13H,3-6,8H2,1-2H3,(H2,17,18). The Morgan fingerprint density at radius 2 is 2.05 bits per heavy atom. The topological polar surface area (TPSA) is 43.8 Å². The first-order chi connectivity index (χ1) is 9.15. The number of aromatic nitrogens is 2. The van der Waals surface area contributed by atoms with Gasteiger partial charge >= 0.3 is 0 Å². The molecule has 1 aromatic carbocycles. The molecule has 1 saturated carbocycles. The van der Waals surface area contributed by atoms with Gasteiger partial charge in [0.25, 0.3) is 0 Å². The third-order valence-corrected chi connectivity index (χ3v) is 4.46. The Morgan fingerprint density at radius 3 is 2.89 bits per heavy atom. The summed E-state index contributed by atoms with van der Waals surface area (Å²) in [6, 6.07) is 6.97. The monoisotopic (exact) mass is 257 g/mol. The van der Waals surface area contributed by atoms with Crippen molar-refractivity contribution >= 4 is 17.0 Å². The first kappa shape index (κ1) is 12.5. The average molecular weight is 257 g/mol. The molecule has 1 aliphatic carbocycles. The van der Waals surface area contributed by atoms with Crippen LogP contribution in [0.4, 0.5) is 5.95 Å². The van der Waals surface area contributed by atoms with Crippen molar-refractivity contribution < 1.29 is 0 Å². The Labute approximate surface area is 114 Å². The second-order valence-corrected chi connectivity index (χ2v) is 6.10. The van der Waals surface area contributed by atoms with Gasteiger partial charge in [-0.05, 0) is 49.8 Å². The van der Waals surface area contributed by atoms with Crippen LogP contribution in [0.15, 0.2) is 18.2 Å². The molecule has 3 rings (SSSR count). The molecule has 3 heteroatoms. The van der Waals surface area contributed by atoms with Crippen LogP contribution in [0.3, 0.4) is 0 Å². The zero-order valence-corrected chi connectivity index (χ0v) is 11.9. The number of nitrogens with two attached hydrogens (primary N) is 1. The molecule has 0 saturated heterocycles. The van der Waals surface area contributed by atoms with Gasteiger partial charge in [0.1, 0.15) is 0 Å². The van der Waals surface area contributed by atoms with Gasteiger partial charge in [-0.1, -0.05) is 25.8 Å². The fraction of sp³-hybridized carbons (Fsp3) is 0.562. The molecule has 2 unspecified atom stereocenters. The van der Waals surface area contributed by atoms with E-state index in [9.17, 15) is 0 Å². The zero-order valence-electron chi connectivity index (χ0n) is 11.9. The molecule has 0 aliphatic heterocycles. The Kier molecular flexibility index (Phi) is 3.21. The van der Waals surface area contributed by atoms with Crippen LogP contribution in [-0.4, -0.2) is 9.55 Å². The second kappa shape index (κ2) is 4.87. The Bertz CT molecular complexity index is 585. The molecule has 0 radical (unpaired) electrons. The maximum atomic E-state index is 6.17. The molecule has 19 heavy (non-hydrogen) atoms. The normalized spacial score (nSPS) is 24.5. The predicted octanol–water partition coefficient (Wildman–Crippen LogP) is 4.07. The number of benzene rings is 1. The predicted molar refractivity (Wildman–Crippen MR) is 80.2 cm³/mol. The lowest BCUT2D eigenvalue weighted by atomic mass is 10.0. The van der Waals surface area contributed by atoms with Gasteiger partial charge in [0.2, 0.25) is 5.95 Å². The lowest BCUT2D eigenvalue weighted by Gasteiger charge is -2.18. The maximum absolute atomic E-state index is 6.17. The lowest BCUT2D eigenvalue weighted by Crippen LogP contribution is -2.11. The molecule has 0 spiro atoms. The Balaban J connectivity index is 2.01. The average Bonchev–Trinajstić information content (AvgIpc) is 2.54. The van der Waals surface area contributed by atoms with Crippen LogP contribution in [-0.2, 0) is 0 Å². The number of anilines is 1. The number of hydrogen-bond donors (Lipinski definition) is 1. The second-order valence-electron chi connectivity index (χ2n) is 6.10. The van der Waals surface area contributed by atoms with E-state index in [1.807, 2.05) is 0 Å². The van der Waals surface area contributed by atoms with E-state index < -0.39 is 0 Å². The van der Waals surface area contributed by atoms with Gasteiger partial charge in [0, 0.05) is 6.04 Å². The third-order valence-electron chi connectivity index (χ3n) is 4.46. The molecule has 3 nitrogen and oxygen atoms in total. The first-order valence-corrected chi connectivity index (χ1v) is 7.39. The van der Waals surface area contributed by atoms with E-state index in [4.69, 9.17) is 5.73 Å². The lowest BCUT2D eigenvalue weighted by molar-refractivity contribution is 0.445. The minimum Gasteiger partial charge on any atom is -0.369 e. The maximum Gasteiger partial charge on any atom is 0.201 e. The zero-order chi connectivity index (χ0) is 13.4. The molecule has 1 aromatic heterocycles. The van der Waals surface area contributed by atoms with E-state index in [1.54, 1.807) is 0 Å². The van der Waals surface area contributed by atoms with Crippen LogP contribution in [0, 0.1) is 12.8 Å². The highest BCUT2D eigenvalue weighted by atomic mass is 15.2. The molecule has 2 aromatic rings. The molecule has 1 fully saturated rings. The fourth-order valence-electron chi connectivity index (χ4n) is 3.34. The summed E-state index contributed by atoms with van der Waals surface area (Å²) in [6.07, 6.45) is 6.41. The van der Waals surface area contributed by atoms with E-state index >= 15 is 0 Å². The minimum absolute atomic E-state index is 0.526. The van der Waals surface area contributed by atoms with Crippen molar-refractivity contribution in [1.29, 1.82) is 0 Å². The van der Waals surface area contributed by atoms with Crippen LogP contribution < -0.4 is 5.73 Å². The summed E-state index contributed by atoms with van der Waals surface area (Å²) >= 11 is 0. The number of rotatable bonds is 1. The summed E-state index contributed by atoms with van der Waals surface area (Å²) in [5.74, 6) is 1.53. The van der Waals surface area contributed by atoms with Crippen molar-refractivity contribution in [3.63, 3.8) is 0 Å². The minimum atomic E-state index is 0.526. The summed E-state index contributed by atoms with van der Waals surface area (Å²) in [5.41, 5.74) is 9.65. The quantitative estimate of drug-likeness (QED) is 0.783. The van der Waals surface area contributed by atoms with Crippen molar-refractivity contribution in [3.05, 3.63) is 23.8 Å². The third kappa shape index (κ3) is 2.34. The summed E-state index contributed by atoms with van der Waals surface area (Å²) in [4.78, 5) is 4.54. The van der Waals surface area contributed by atoms with Crippen LogP contribution in [0.5, 0.6) is 0 Å². The molecule has 2 atom stereocenters. The van der Waals surface area contributed by atoms with E-state index in [1.165, 1.54) is 43.2 Å². The van der Waals surface area contributed by atoms with Crippen molar-refractivity contribution in [2.75, 3.05) is 5.73 Å². The van der Waals surface area contributed by atoms with Gasteiger partial charge in [-0.3, -0.25) is 0 Å². The molecular weight excluding hydrogens is 234 g/mol. The molecule has 0 bridgehead atoms. The van der Waals surface area contributed by atoms with Crippen LogP contribution in [0.2, 0.25) is 0 Å². The van der Waals surface area contributed by atoms with Gasteiger partial charge in [0.15, 0.2) is 0 Å². The molecule has 2 N–H and O–H groups in total. The number of fused-ring (bicyclic) bond motifs is 1. The number of hydrogen-bond acceptors (Lipinski definition) is 2. The van der Waals surface area contributed by atoms with Crippen molar-refractivity contribution in [2.24, 2.45) is 5.92 Å². The number of imidazole rings is 1. The fourth-order valence-corrected chi connectivity index (χ4v) is 3.34. The summed E-state index contributed by atoms with van der Waals surface area (Å²) < 4.78 is 2.27. The summed E-state index contributed by atoms with van der Waals surface area (Å²) in [6.45, 7) is 4.46. The smallest absolute Gasteiger partial charge is 0.201 e. The van der Waals surface area contributed by atoms with E-state index in [2.05, 4.69) is 41.6 Å². The molecule has 0 amide bonds. The van der Waals surface area contributed by atoms with E-state index in [-0.39, 0.29) is 0 Å². The van der Waals surface area contributed by atoms with Crippen LogP contribution >= 0.6 is 0 Å². The SMILES string of the molecule is Cc1ccc2c(c1)nc(N)n2C1CCCC(C)CC1. The number of nitrogens with zero attached hydrogens (tertiary/aromatic N) is 2. The number of nitrogen functional groups attached to an aromatic ring is 1. The summed E-state index contributed by atoms with van der Waals surface area (Å²) in [5, 5.41) is 0. The van der Waals surface area contributed by atoms with E-state index in [0.29, 0.717) is 12.0 Å². The highest BCUT2D eigenvalue weighted by Gasteiger charge is 2.21. The van der Waals surface area contributed by atoms with Crippen molar-refractivity contribution in [1.82, 2.24) is 9.55 Å². The molecular formula is C16H23N3. The molecule has 1 heterocycles. The van der Waals surface area contributed by atoms with Gasteiger partial charge < -0.3 is 10.3 Å². The molecule has 102 valence electrons. The highest BCUT2D eigenvalue weighted by molar-refractivity contribution is 5.79. The van der Waals surface area contributed by atoms with Crippen LogP contribution in [0.1, 0.15) is 50.6 Å². The Morgan fingerprint density at radius 1 is 1.21 bits per heavy atom. The van der Waals surface area contributed by atoms with Gasteiger partial charge in [0.05, 0.1) is 11.0 Å². The van der Waals surface area contributed by atoms with Gasteiger partial charge in [-0.15, -0.1) is 0 Å². The first-order valence-electron chi connectivity index (χ1n) is 7.39. The van der Waals surface area contributed by atoms with Gasteiger partial charge in [-0.25, -0.2) is 4.98 Å². The number of aryl methyl sites for hydroxylation is 1. The highest BCUT2D eigenvalue weighted by Crippen LogP contribution is 2.34. The van der Waals surface area contributed by atoms with Crippen molar-refractivity contribution in [3.8, 4) is 0 Å². The largest absolute Gasteiger partial charge is 0.369 e. The van der Waals surface area contributed by atoms with E-state index in [0.717, 1.165) is 11.4 Å². The van der Waals surface area contributed by atoms with Gasteiger partial charge in [-0.2, -0.15) is 0 Å². The molecule has 1 aliphatic rings. The summed E-state index contributed by atoms with van der Waals surface area (Å²) in [7, 11) is 0. The van der Waals surface area contributed by atoms with Crippen molar-refractivity contribution in [2.45, 2.75) is 52.0 Å². The Hall–Kier alpha value is -1.51. The van der Waals surface area contributed by atoms with Crippen LogP contribution in [0.25, 0.3) is 11.0 Å².